The molecule has 1 aromatic carbocycles. The molecule has 1 aromatic rings. The molecule has 0 heterocycles. The molecule has 1 N–H and O–H groups in total. The molecule has 2 rings (SSSR count). The number of aliphatic carboxylic acids is 1. The highest BCUT2D eigenvalue weighted by Gasteiger charge is 2.37. The van der Waals surface area contributed by atoms with E-state index in [0.717, 1.165) is 24.2 Å². The highest BCUT2D eigenvalue weighted by molar-refractivity contribution is 5.73. The second kappa shape index (κ2) is 5.19. The summed E-state index contributed by atoms with van der Waals surface area (Å²) >= 11 is 0. The Hall–Kier alpha value is -1.55. The van der Waals surface area contributed by atoms with E-state index < -0.39 is 12.1 Å². The predicted octanol–water partition coefficient (Wildman–Crippen LogP) is 2.08. The lowest BCUT2D eigenvalue weighted by atomic mass is 10.2. The van der Waals surface area contributed by atoms with Gasteiger partial charge in [-0.1, -0.05) is 12.1 Å². The van der Waals surface area contributed by atoms with Crippen molar-refractivity contribution in [3.8, 4) is 5.75 Å². The number of carboxylic acid groups (broad SMARTS) is 1. The summed E-state index contributed by atoms with van der Waals surface area (Å²) < 4.78 is 10.6. The number of benzene rings is 1. The van der Waals surface area contributed by atoms with Crippen LogP contribution in [0.3, 0.4) is 0 Å². The van der Waals surface area contributed by atoms with Gasteiger partial charge in [0.25, 0.3) is 0 Å². The fourth-order valence-electron chi connectivity index (χ4n) is 1.76. The molecule has 0 amide bonds. The Morgan fingerprint density at radius 3 is 2.88 bits per heavy atom. The van der Waals surface area contributed by atoms with Crippen LogP contribution in [0.15, 0.2) is 24.3 Å². The molecule has 1 unspecified atom stereocenters. The standard InChI is InChI=1S/C13H16O4/c1-16-11-4-2-3-9(7-11)8-17-12(13(14)15)10-5-6-10/h2-4,7,10,12H,5-6,8H2,1H3,(H,14,15). The number of carboxylic acids is 1. The Labute approximate surface area is 100 Å². The lowest BCUT2D eigenvalue weighted by molar-refractivity contribution is -0.152. The van der Waals surface area contributed by atoms with E-state index >= 15 is 0 Å². The molecule has 1 aliphatic carbocycles. The van der Waals surface area contributed by atoms with E-state index in [1.54, 1.807) is 7.11 Å². The van der Waals surface area contributed by atoms with Crippen LogP contribution in [-0.4, -0.2) is 24.3 Å². The van der Waals surface area contributed by atoms with Crippen molar-refractivity contribution >= 4 is 5.97 Å². The van der Waals surface area contributed by atoms with Gasteiger partial charge < -0.3 is 14.6 Å². The minimum absolute atomic E-state index is 0.193. The van der Waals surface area contributed by atoms with E-state index in [9.17, 15) is 4.79 Å². The number of hydrogen-bond donors (Lipinski definition) is 1. The zero-order valence-electron chi connectivity index (χ0n) is 9.76. The van der Waals surface area contributed by atoms with Crippen molar-refractivity contribution in [2.45, 2.75) is 25.6 Å². The molecule has 1 atom stereocenters. The molecule has 0 spiro atoms. The third kappa shape index (κ3) is 3.20. The molecule has 0 saturated heterocycles. The molecule has 1 fully saturated rings. The molecule has 4 nitrogen and oxygen atoms in total. The van der Waals surface area contributed by atoms with E-state index in [4.69, 9.17) is 14.6 Å². The lowest BCUT2D eigenvalue weighted by Crippen LogP contribution is -2.25. The van der Waals surface area contributed by atoms with Crippen LogP contribution in [-0.2, 0) is 16.1 Å². The van der Waals surface area contributed by atoms with E-state index in [1.165, 1.54) is 0 Å². The minimum atomic E-state index is -0.865. The summed E-state index contributed by atoms with van der Waals surface area (Å²) in [6.07, 6.45) is 1.24. The van der Waals surface area contributed by atoms with E-state index in [2.05, 4.69) is 0 Å². The molecule has 4 heteroatoms. The SMILES string of the molecule is COc1cccc(COC(C(=O)O)C2CC2)c1. The first-order chi connectivity index (χ1) is 8.20. The first kappa shape index (κ1) is 11.9. The number of carbonyl (C=O) groups is 1. The van der Waals surface area contributed by atoms with Crippen molar-refractivity contribution in [1.82, 2.24) is 0 Å². The number of rotatable bonds is 6. The largest absolute Gasteiger partial charge is 0.497 e. The molecule has 1 saturated carbocycles. The van der Waals surface area contributed by atoms with Crippen molar-refractivity contribution in [3.63, 3.8) is 0 Å². The quantitative estimate of drug-likeness (QED) is 0.821. The van der Waals surface area contributed by atoms with E-state index in [0.29, 0.717) is 6.61 Å². The van der Waals surface area contributed by atoms with Crippen LogP contribution >= 0.6 is 0 Å². The predicted molar refractivity (Wildman–Crippen MR) is 61.9 cm³/mol. The highest BCUT2D eigenvalue weighted by atomic mass is 16.5. The molecule has 92 valence electrons. The molecular weight excluding hydrogens is 220 g/mol. The van der Waals surface area contributed by atoms with Gasteiger partial charge in [-0.05, 0) is 36.5 Å². The summed E-state index contributed by atoms with van der Waals surface area (Å²) in [6.45, 7) is 0.310. The lowest BCUT2D eigenvalue weighted by Gasteiger charge is -2.13. The van der Waals surface area contributed by atoms with Crippen LogP contribution < -0.4 is 4.74 Å². The van der Waals surface area contributed by atoms with Crippen LogP contribution in [0.1, 0.15) is 18.4 Å². The van der Waals surface area contributed by atoms with Crippen LogP contribution in [0.5, 0.6) is 5.75 Å². The normalized spacial score (nSPS) is 16.5. The van der Waals surface area contributed by atoms with Gasteiger partial charge in [0.2, 0.25) is 0 Å². The number of hydrogen-bond acceptors (Lipinski definition) is 3. The van der Waals surface area contributed by atoms with Crippen molar-refractivity contribution in [2.75, 3.05) is 7.11 Å². The van der Waals surface area contributed by atoms with Gasteiger partial charge in [-0.3, -0.25) is 0 Å². The second-order valence-electron chi connectivity index (χ2n) is 4.26. The highest BCUT2D eigenvalue weighted by Crippen LogP contribution is 2.34. The van der Waals surface area contributed by atoms with Gasteiger partial charge in [0.1, 0.15) is 5.75 Å². The topological polar surface area (TPSA) is 55.8 Å². The van der Waals surface area contributed by atoms with E-state index in [1.807, 2.05) is 24.3 Å². The Balaban J connectivity index is 1.93. The van der Waals surface area contributed by atoms with Gasteiger partial charge in [0, 0.05) is 0 Å². The van der Waals surface area contributed by atoms with E-state index in [-0.39, 0.29) is 5.92 Å². The summed E-state index contributed by atoms with van der Waals surface area (Å²) in [6, 6.07) is 7.46. The van der Waals surface area contributed by atoms with Crippen LogP contribution in [0.2, 0.25) is 0 Å². The molecule has 17 heavy (non-hydrogen) atoms. The van der Waals surface area contributed by atoms with Crippen LogP contribution in [0.4, 0.5) is 0 Å². The molecular formula is C13H16O4. The molecule has 0 aromatic heterocycles. The monoisotopic (exact) mass is 236 g/mol. The first-order valence-corrected chi connectivity index (χ1v) is 5.68. The first-order valence-electron chi connectivity index (χ1n) is 5.68. The van der Waals surface area contributed by atoms with Crippen molar-refractivity contribution in [3.05, 3.63) is 29.8 Å². The van der Waals surface area contributed by atoms with Crippen molar-refractivity contribution < 1.29 is 19.4 Å². The summed E-state index contributed by atoms with van der Waals surface area (Å²) in [4.78, 5) is 11.0. The number of ether oxygens (including phenoxy) is 2. The van der Waals surface area contributed by atoms with Crippen molar-refractivity contribution in [1.29, 1.82) is 0 Å². The maximum absolute atomic E-state index is 11.0. The fraction of sp³-hybridized carbons (Fsp3) is 0.462. The van der Waals surface area contributed by atoms with Gasteiger partial charge in [0.05, 0.1) is 13.7 Å². The summed E-state index contributed by atoms with van der Waals surface area (Å²) in [5.41, 5.74) is 0.927. The Kier molecular flexibility index (Phi) is 3.64. The smallest absolute Gasteiger partial charge is 0.333 e. The maximum atomic E-state index is 11.0. The third-order valence-corrected chi connectivity index (χ3v) is 2.86. The van der Waals surface area contributed by atoms with Crippen molar-refractivity contribution in [2.24, 2.45) is 5.92 Å². The van der Waals surface area contributed by atoms with Gasteiger partial charge >= 0.3 is 5.97 Å². The van der Waals surface area contributed by atoms with Crippen LogP contribution in [0, 0.1) is 5.92 Å². The zero-order chi connectivity index (χ0) is 12.3. The Morgan fingerprint density at radius 1 is 1.53 bits per heavy atom. The van der Waals surface area contributed by atoms with Gasteiger partial charge in [-0.25, -0.2) is 4.79 Å². The second-order valence-corrected chi connectivity index (χ2v) is 4.26. The Bertz CT molecular complexity index is 398. The molecule has 1 aliphatic rings. The summed E-state index contributed by atoms with van der Waals surface area (Å²) in [7, 11) is 1.60. The average molecular weight is 236 g/mol. The third-order valence-electron chi connectivity index (χ3n) is 2.86. The summed E-state index contributed by atoms with van der Waals surface area (Å²) in [5.74, 6) is 0.0814. The maximum Gasteiger partial charge on any atom is 0.333 e. The van der Waals surface area contributed by atoms with Crippen LogP contribution in [0.25, 0.3) is 0 Å². The molecule has 0 radical (unpaired) electrons. The van der Waals surface area contributed by atoms with Gasteiger partial charge in [-0.15, -0.1) is 0 Å². The molecule has 0 bridgehead atoms. The zero-order valence-corrected chi connectivity index (χ0v) is 9.76. The average Bonchev–Trinajstić information content (AvgIpc) is 3.13. The number of methoxy groups -OCH3 is 1. The summed E-state index contributed by atoms with van der Waals surface area (Å²) in [5, 5.41) is 9.01. The minimum Gasteiger partial charge on any atom is -0.497 e. The fourth-order valence-corrected chi connectivity index (χ4v) is 1.76. The van der Waals surface area contributed by atoms with Gasteiger partial charge in [-0.2, -0.15) is 0 Å². The van der Waals surface area contributed by atoms with Gasteiger partial charge in [0.15, 0.2) is 6.10 Å². The Morgan fingerprint density at radius 2 is 2.29 bits per heavy atom. The molecule has 0 aliphatic heterocycles.